The van der Waals surface area contributed by atoms with Gasteiger partial charge in [-0.2, -0.15) is 0 Å². The molecule has 2 rings (SSSR count). The summed E-state index contributed by atoms with van der Waals surface area (Å²) in [7, 11) is 0. The molecule has 64 valence electrons. The lowest BCUT2D eigenvalue weighted by molar-refractivity contribution is -0.386. The van der Waals surface area contributed by atoms with Gasteiger partial charge in [-0.05, 0) is 18.2 Å². The Morgan fingerprint density at radius 2 is 2.17 bits per heavy atom. The third-order valence-electron chi connectivity index (χ3n) is 1.51. The number of rotatable bonds is 1. The van der Waals surface area contributed by atoms with Crippen molar-refractivity contribution in [1.82, 2.24) is 0 Å². The van der Waals surface area contributed by atoms with Crippen LogP contribution in [0.3, 0.4) is 0 Å². The van der Waals surface area contributed by atoms with Gasteiger partial charge in [0.15, 0.2) is 0 Å². The maximum absolute atomic E-state index is 10.0. The van der Waals surface area contributed by atoms with Crippen LogP contribution in [0.15, 0.2) is 18.2 Å². The Kier molecular flexibility index (Phi) is 2.40. The van der Waals surface area contributed by atoms with Crippen molar-refractivity contribution in [2.45, 2.75) is 6.92 Å². The van der Waals surface area contributed by atoms with Crippen LogP contribution in [0.2, 0.25) is 0 Å². The number of benzene rings is 1. The number of hydrogen-bond donors (Lipinski definition) is 1. The predicted octanol–water partition coefficient (Wildman–Crippen LogP) is 1.19. The van der Waals surface area contributed by atoms with Crippen molar-refractivity contribution in [2.75, 3.05) is 6.61 Å². The maximum atomic E-state index is 10.0. The molecule has 0 aromatic rings. The van der Waals surface area contributed by atoms with Crippen LogP contribution in [0, 0.1) is 20.6 Å². The van der Waals surface area contributed by atoms with Crippen molar-refractivity contribution in [1.29, 1.82) is 0 Å². The van der Waals surface area contributed by atoms with Gasteiger partial charge in [0.1, 0.15) is 0 Å². The molecule has 0 amide bonds. The first-order chi connectivity index (χ1) is 5.70. The molecule has 2 aliphatic carbocycles. The van der Waals surface area contributed by atoms with E-state index < -0.39 is 0 Å². The van der Waals surface area contributed by atoms with E-state index in [-0.39, 0.29) is 17.2 Å². The zero-order valence-electron chi connectivity index (χ0n) is 6.65. The molecule has 0 aromatic carbocycles. The minimum atomic E-state index is -0.359. The second-order valence-electron chi connectivity index (χ2n) is 2.31. The monoisotopic (exact) mass is 167 g/mol. The highest BCUT2D eigenvalue weighted by Gasteiger charge is 2.14. The fourth-order valence-electron chi connectivity index (χ4n) is 0.920. The van der Waals surface area contributed by atoms with Crippen LogP contribution >= 0.6 is 0 Å². The Balaban J connectivity index is 0.000000213. The Morgan fingerprint density at radius 1 is 1.58 bits per heavy atom. The smallest absolute Gasteiger partial charge is 0.277 e. The van der Waals surface area contributed by atoms with Gasteiger partial charge in [-0.3, -0.25) is 10.1 Å². The SMILES string of the molecule is CCO.O=[N+]([O-])c1cc2ccc1=2. The van der Waals surface area contributed by atoms with Crippen LogP contribution in [0.25, 0.3) is 0 Å². The summed E-state index contributed by atoms with van der Waals surface area (Å²) in [5.41, 5.74) is 0.257. The largest absolute Gasteiger partial charge is 0.397 e. The van der Waals surface area contributed by atoms with Crippen molar-refractivity contribution in [3.63, 3.8) is 0 Å². The van der Waals surface area contributed by atoms with Gasteiger partial charge in [0.2, 0.25) is 0 Å². The summed E-state index contributed by atoms with van der Waals surface area (Å²) in [5.74, 6) is 0. The first-order valence-corrected chi connectivity index (χ1v) is 3.60. The maximum Gasteiger partial charge on any atom is 0.277 e. The van der Waals surface area contributed by atoms with Crippen molar-refractivity contribution < 1.29 is 10.0 Å². The number of nitro groups is 1. The molecule has 4 nitrogen and oxygen atoms in total. The van der Waals surface area contributed by atoms with Gasteiger partial charge in [-0.15, -0.1) is 0 Å². The molecule has 4 heteroatoms. The summed E-state index contributed by atoms with van der Waals surface area (Å²) in [6.45, 7) is 1.93. The zero-order valence-corrected chi connectivity index (χ0v) is 6.65. The average Bonchev–Trinajstić information content (AvgIpc) is 1.96. The first kappa shape index (κ1) is 8.67. The number of nitrogens with zero attached hydrogens (tertiary/aromatic N) is 1. The lowest BCUT2D eigenvalue weighted by Gasteiger charge is -2.01. The van der Waals surface area contributed by atoms with Gasteiger partial charge in [0.05, 0.1) is 10.1 Å². The van der Waals surface area contributed by atoms with Crippen molar-refractivity contribution in [2.24, 2.45) is 0 Å². The lowest BCUT2D eigenvalue weighted by atomic mass is 10.1. The average molecular weight is 167 g/mol. The van der Waals surface area contributed by atoms with Crippen LogP contribution in [-0.2, 0) is 0 Å². The molecule has 2 aliphatic rings. The minimum Gasteiger partial charge on any atom is -0.397 e. The van der Waals surface area contributed by atoms with E-state index in [9.17, 15) is 10.1 Å². The molecule has 12 heavy (non-hydrogen) atoms. The molecule has 0 aliphatic heterocycles. The molecular weight excluding hydrogens is 158 g/mol. The number of nitro benzene ring substituents is 1. The number of aliphatic hydroxyl groups excluding tert-OH is 1. The second kappa shape index (κ2) is 3.32. The minimum absolute atomic E-state index is 0.250. The molecule has 0 radical (unpaired) electrons. The van der Waals surface area contributed by atoms with E-state index >= 15 is 0 Å². The van der Waals surface area contributed by atoms with Gasteiger partial charge < -0.3 is 5.11 Å². The highest BCUT2D eigenvalue weighted by atomic mass is 16.6. The molecule has 0 atom stereocenters. The van der Waals surface area contributed by atoms with Crippen LogP contribution in [-0.4, -0.2) is 16.6 Å². The molecule has 0 unspecified atom stereocenters. The second-order valence-corrected chi connectivity index (χ2v) is 2.31. The lowest BCUT2D eigenvalue weighted by Crippen LogP contribution is -1.96. The summed E-state index contributed by atoms with van der Waals surface area (Å²) in [6, 6.07) is 5.20. The molecule has 0 saturated heterocycles. The Labute approximate surface area is 68.9 Å². The molecule has 0 spiro atoms. The van der Waals surface area contributed by atoms with Crippen molar-refractivity contribution in [3.05, 3.63) is 38.8 Å². The molecular formula is C8H9NO3. The van der Waals surface area contributed by atoms with Gasteiger partial charge in [0.25, 0.3) is 5.69 Å². The fraction of sp³-hybridized carbons (Fsp3) is 0.250. The number of non-ortho nitro benzene ring substituents is 1. The zero-order chi connectivity index (χ0) is 9.14. The summed E-state index contributed by atoms with van der Waals surface area (Å²) in [4.78, 5) is 9.68. The molecule has 0 saturated carbocycles. The van der Waals surface area contributed by atoms with Gasteiger partial charge in [-0.25, -0.2) is 0 Å². The van der Waals surface area contributed by atoms with Gasteiger partial charge in [0, 0.05) is 12.7 Å². The van der Waals surface area contributed by atoms with E-state index in [1.807, 2.05) is 6.07 Å². The van der Waals surface area contributed by atoms with E-state index in [1.54, 1.807) is 19.1 Å². The van der Waals surface area contributed by atoms with Crippen molar-refractivity contribution >= 4 is 5.69 Å². The number of hydrogen-bond acceptors (Lipinski definition) is 3. The van der Waals surface area contributed by atoms with Crippen LogP contribution in [0.5, 0.6) is 0 Å². The fourth-order valence-corrected chi connectivity index (χ4v) is 0.920. The van der Waals surface area contributed by atoms with E-state index in [2.05, 4.69) is 0 Å². The Bertz CT molecular complexity index is 386. The number of aliphatic hydroxyl groups is 1. The van der Waals surface area contributed by atoms with E-state index in [1.165, 1.54) is 0 Å². The van der Waals surface area contributed by atoms with Gasteiger partial charge >= 0.3 is 0 Å². The van der Waals surface area contributed by atoms with E-state index in [0.29, 0.717) is 0 Å². The topological polar surface area (TPSA) is 63.4 Å². The Morgan fingerprint density at radius 3 is 2.25 bits per heavy atom. The highest BCUT2D eigenvalue weighted by Crippen LogP contribution is 2.22. The van der Waals surface area contributed by atoms with Crippen LogP contribution < -0.4 is 0 Å². The molecule has 0 bridgehead atoms. The summed E-state index contributed by atoms with van der Waals surface area (Å²) in [5, 5.41) is 19.4. The Hall–Kier alpha value is -1.42. The summed E-state index contributed by atoms with van der Waals surface area (Å²) < 4.78 is 0. The molecule has 0 heterocycles. The van der Waals surface area contributed by atoms with E-state index in [0.717, 1.165) is 10.4 Å². The summed E-state index contributed by atoms with van der Waals surface area (Å²) in [6.07, 6.45) is 0. The predicted molar refractivity (Wildman–Crippen MR) is 43.5 cm³/mol. The third-order valence-corrected chi connectivity index (χ3v) is 1.51. The normalized spacial score (nSPS) is 9.83. The molecule has 0 aromatic heterocycles. The van der Waals surface area contributed by atoms with Crippen molar-refractivity contribution in [3.8, 4) is 0 Å². The van der Waals surface area contributed by atoms with Crippen LogP contribution in [0.1, 0.15) is 6.92 Å². The summed E-state index contributed by atoms with van der Waals surface area (Å²) >= 11 is 0. The first-order valence-electron chi connectivity index (χ1n) is 3.60. The standard InChI is InChI=1S/C6H3NO2.C2H6O/c8-7(9)6-3-4-1-2-5(4)6;1-2-3/h1-3H;3H,2H2,1H3. The highest BCUT2D eigenvalue weighted by molar-refractivity contribution is 5.44. The quantitative estimate of drug-likeness (QED) is 0.512. The van der Waals surface area contributed by atoms with E-state index in [4.69, 9.17) is 5.11 Å². The third kappa shape index (κ3) is 1.29. The van der Waals surface area contributed by atoms with Crippen LogP contribution in [0.4, 0.5) is 5.69 Å². The molecule has 1 N–H and O–H groups in total. The molecule has 0 fully saturated rings. The van der Waals surface area contributed by atoms with Gasteiger partial charge in [-0.1, -0.05) is 6.07 Å².